The highest BCUT2D eigenvalue weighted by Crippen LogP contribution is 2.38. The minimum absolute atomic E-state index is 0.0677. The minimum Gasteiger partial charge on any atom is -0.508 e. The van der Waals surface area contributed by atoms with Gasteiger partial charge in [-0.25, -0.2) is 4.39 Å². The maximum Gasteiger partial charge on any atom is 0.156 e. The Morgan fingerprint density at radius 1 is 1.06 bits per heavy atom. The molecule has 1 aliphatic heterocycles. The molecule has 0 unspecified atom stereocenters. The van der Waals surface area contributed by atoms with Crippen LogP contribution in [0.1, 0.15) is 46.5 Å². The third-order valence-electron chi connectivity index (χ3n) is 6.22. The first-order valence-corrected chi connectivity index (χ1v) is 10.5. The molecule has 0 saturated carbocycles. The number of halogens is 1. The normalized spacial score (nSPS) is 15.6. The van der Waals surface area contributed by atoms with Crippen LogP contribution in [0.25, 0.3) is 5.76 Å². The van der Waals surface area contributed by atoms with Crippen LogP contribution >= 0.6 is 0 Å². The number of aromatic nitrogens is 3. The summed E-state index contributed by atoms with van der Waals surface area (Å²) in [5, 5.41) is 18.5. The summed E-state index contributed by atoms with van der Waals surface area (Å²) < 4.78 is 15.6. The summed E-state index contributed by atoms with van der Waals surface area (Å²) in [5.74, 6) is 0.762. The van der Waals surface area contributed by atoms with E-state index < -0.39 is 5.67 Å². The first-order valence-electron chi connectivity index (χ1n) is 10.5. The number of aliphatic hydroxyl groups is 1. The Kier molecular flexibility index (Phi) is 5.72. The van der Waals surface area contributed by atoms with Crippen LogP contribution in [0.15, 0.2) is 55.2 Å². The average Bonchev–Trinajstić information content (AvgIpc) is 2.79. The number of benzene rings is 1. The number of hydrogen-bond donors (Lipinski definition) is 1. The Morgan fingerprint density at radius 2 is 1.77 bits per heavy atom. The molecule has 0 atom stereocenters. The summed E-state index contributed by atoms with van der Waals surface area (Å²) in [7, 11) is 0. The van der Waals surface area contributed by atoms with Gasteiger partial charge in [-0.15, -0.1) is 5.10 Å². The molecule has 6 heteroatoms. The van der Waals surface area contributed by atoms with E-state index >= 15 is 4.39 Å². The summed E-state index contributed by atoms with van der Waals surface area (Å²) in [5.41, 5.74) is 3.81. The van der Waals surface area contributed by atoms with Gasteiger partial charge in [0, 0.05) is 44.1 Å². The van der Waals surface area contributed by atoms with Gasteiger partial charge in [0.15, 0.2) is 11.5 Å². The van der Waals surface area contributed by atoms with Crippen molar-refractivity contribution in [2.75, 3.05) is 18.0 Å². The third kappa shape index (κ3) is 4.29. The molecule has 0 bridgehead atoms. The van der Waals surface area contributed by atoms with Crippen LogP contribution < -0.4 is 4.90 Å². The van der Waals surface area contributed by atoms with Gasteiger partial charge in [-0.05, 0) is 42.7 Å². The standard InChI is InChI=1S/C25H27FN4O/c1-17-18(2)24(29-28-22(17)15-20-7-5-4-6-8-20)30-13-11-25(26,12-14-30)23-10-9-21(16-27-23)19(3)31/h4-10,16,31H,3,11-15H2,1-2H3. The topological polar surface area (TPSA) is 62.1 Å². The lowest BCUT2D eigenvalue weighted by molar-refractivity contribution is 0.119. The van der Waals surface area contributed by atoms with Gasteiger partial charge in [0.2, 0.25) is 0 Å². The van der Waals surface area contributed by atoms with Crippen molar-refractivity contribution in [3.8, 4) is 0 Å². The van der Waals surface area contributed by atoms with E-state index in [-0.39, 0.29) is 5.76 Å². The highest BCUT2D eigenvalue weighted by atomic mass is 19.1. The summed E-state index contributed by atoms with van der Waals surface area (Å²) in [4.78, 5) is 6.35. The summed E-state index contributed by atoms with van der Waals surface area (Å²) >= 11 is 0. The van der Waals surface area contributed by atoms with Gasteiger partial charge < -0.3 is 10.0 Å². The third-order valence-corrected chi connectivity index (χ3v) is 6.22. The Hall–Kier alpha value is -3.28. The zero-order valence-corrected chi connectivity index (χ0v) is 18.0. The van der Waals surface area contributed by atoms with E-state index in [1.54, 1.807) is 12.1 Å². The van der Waals surface area contributed by atoms with E-state index in [0.717, 1.165) is 29.1 Å². The zero-order valence-electron chi connectivity index (χ0n) is 18.0. The van der Waals surface area contributed by atoms with Gasteiger partial charge in [0.25, 0.3) is 0 Å². The number of anilines is 1. The summed E-state index contributed by atoms with van der Waals surface area (Å²) in [6.07, 6.45) is 2.86. The number of alkyl halides is 1. The Bertz CT molecular complexity index is 1070. The van der Waals surface area contributed by atoms with Gasteiger partial charge in [0.05, 0.1) is 11.4 Å². The van der Waals surface area contributed by atoms with Gasteiger partial charge in [0.1, 0.15) is 5.76 Å². The summed E-state index contributed by atoms with van der Waals surface area (Å²) in [6.45, 7) is 8.70. The smallest absolute Gasteiger partial charge is 0.156 e. The van der Waals surface area contributed by atoms with Gasteiger partial charge >= 0.3 is 0 Å². The van der Waals surface area contributed by atoms with E-state index in [9.17, 15) is 5.11 Å². The monoisotopic (exact) mass is 418 g/mol. The second kappa shape index (κ2) is 8.46. The molecule has 31 heavy (non-hydrogen) atoms. The largest absolute Gasteiger partial charge is 0.508 e. The second-order valence-corrected chi connectivity index (χ2v) is 8.21. The molecule has 4 rings (SSSR count). The Balaban J connectivity index is 1.48. The van der Waals surface area contributed by atoms with Crippen molar-refractivity contribution in [2.24, 2.45) is 0 Å². The molecular weight excluding hydrogens is 391 g/mol. The summed E-state index contributed by atoms with van der Waals surface area (Å²) in [6, 6.07) is 13.5. The van der Waals surface area contributed by atoms with Crippen LogP contribution in [0.3, 0.4) is 0 Å². The number of aliphatic hydroxyl groups excluding tert-OH is 1. The molecule has 3 aromatic rings. The number of rotatable bonds is 5. The molecule has 5 nitrogen and oxygen atoms in total. The molecule has 3 heterocycles. The Morgan fingerprint density at radius 3 is 2.39 bits per heavy atom. The van der Waals surface area contributed by atoms with E-state index in [0.29, 0.717) is 37.2 Å². The predicted molar refractivity (Wildman–Crippen MR) is 121 cm³/mol. The van der Waals surface area contributed by atoms with Crippen LogP contribution in [0.4, 0.5) is 10.2 Å². The molecule has 1 N–H and O–H groups in total. The molecule has 0 spiro atoms. The fourth-order valence-electron chi connectivity index (χ4n) is 4.06. The Labute approximate surface area is 182 Å². The highest BCUT2D eigenvalue weighted by Gasteiger charge is 2.38. The quantitative estimate of drug-likeness (QED) is 0.586. The predicted octanol–water partition coefficient (Wildman–Crippen LogP) is 5.07. The van der Waals surface area contributed by atoms with Crippen LogP contribution in [0.5, 0.6) is 0 Å². The van der Waals surface area contributed by atoms with Crippen molar-refractivity contribution in [3.63, 3.8) is 0 Å². The molecular formula is C25H27FN4O. The maximum atomic E-state index is 15.6. The van der Waals surface area contributed by atoms with Crippen LogP contribution in [-0.4, -0.2) is 33.4 Å². The fraction of sp³-hybridized carbons (Fsp3) is 0.320. The lowest BCUT2D eigenvalue weighted by Crippen LogP contribution is -2.41. The van der Waals surface area contributed by atoms with Crippen molar-refractivity contribution in [1.82, 2.24) is 15.2 Å². The van der Waals surface area contributed by atoms with E-state index in [2.05, 4.69) is 52.6 Å². The molecule has 0 radical (unpaired) electrons. The molecule has 0 aliphatic carbocycles. The number of nitrogens with zero attached hydrogens (tertiary/aromatic N) is 4. The van der Waals surface area contributed by atoms with Gasteiger partial charge in [-0.3, -0.25) is 4.98 Å². The van der Waals surface area contributed by atoms with E-state index in [1.807, 2.05) is 18.2 Å². The maximum absolute atomic E-state index is 15.6. The van der Waals surface area contributed by atoms with Crippen molar-refractivity contribution < 1.29 is 9.50 Å². The van der Waals surface area contributed by atoms with Gasteiger partial charge in [-0.1, -0.05) is 36.9 Å². The van der Waals surface area contributed by atoms with Crippen molar-refractivity contribution in [2.45, 2.75) is 38.8 Å². The van der Waals surface area contributed by atoms with Crippen molar-refractivity contribution in [1.29, 1.82) is 0 Å². The second-order valence-electron chi connectivity index (χ2n) is 8.21. The first-order chi connectivity index (χ1) is 14.9. The molecule has 1 aromatic carbocycles. The SMILES string of the molecule is C=C(O)c1ccc(C2(F)CCN(c3nnc(Cc4ccccc4)c(C)c3C)CC2)nc1. The minimum atomic E-state index is -1.49. The molecule has 0 amide bonds. The number of pyridine rings is 1. The van der Waals surface area contributed by atoms with E-state index in [4.69, 9.17) is 0 Å². The molecule has 1 saturated heterocycles. The van der Waals surface area contributed by atoms with Crippen LogP contribution in [-0.2, 0) is 12.1 Å². The lowest BCUT2D eigenvalue weighted by Gasteiger charge is -2.37. The van der Waals surface area contributed by atoms with Crippen molar-refractivity contribution in [3.05, 3.63) is 88.9 Å². The fourth-order valence-corrected chi connectivity index (χ4v) is 4.06. The van der Waals surface area contributed by atoms with Crippen LogP contribution in [0, 0.1) is 13.8 Å². The van der Waals surface area contributed by atoms with Gasteiger partial charge in [-0.2, -0.15) is 5.10 Å². The molecule has 1 aliphatic rings. The molecule has 2 aromatic heterocycles. The van der Waals surface area contributed by atoms with Crippen molar-refractivity contribution >= 4 is 11.6 Å². The molecule has 1 fully saturated rings. The lowest BCUT2D eigenvalue weighted by atomic mass is 9.89. The average molecular weight is 419 g/mol. The highest BCUT2D eigenvalue weighted by molar-refractivity contribution is 5.55. The van der Waals surface area contributed by atoms with Crippen LogP contribution in [0.2, 0.25) is 0 Å². The zero-order chi connectivity index (χ0) is 22.0. The first kappa shape index (κ1) is 21.0. The molecule has 160 valence electrons. The number of piperidine rings is 1. The number of hydrogen-bond acceptors (Lipinski definition) is 5. The van der Waals surface area contributed by atoms with E-state index in [1.165, 1.54) is 11.8 Å².